The van der Waals surface area contributed by atoms with E-state index >= 15 is 0 Å². The largest absolute Gasteiger partial charge is 0.469 e. The van der Waals surface area contributed by atoms with Gasteiger partial charge in [0.1, 0.15) is 0 Å². The van der Waals surface area contributed by atoms with E-state index in [0.29, 0.717) is 124 Å². The van der Waals surface area contributed by atoms with Crippen molar-refractivity contribution in [1.29, 1.82) is 0 Å². The van der Waals surface area contributed by atoms with Crippen LogP contribution in [0.4, 0.5) is 0 Å². The van der Waals surface area contributed by atoms with Gasteiger partial charge >= 0.3 is 11.9 Å². The van der Waals surface area contributed by atoms with Crippen molar-refractivity contribution in [2.45, 2.75) is 138 Å². The van der Waals surface area contributed by atoms with Crippen molar-refractivity contribution in [3.8, 4) is 0 Å². The second-order valence-electron chi connectivity index (χ2n) is 28.6. The Morgan fingerprint density at radius 2 is 0.545 bits per heavy atom. The Hall–Kier alpha value is -5.69. The first-order chi connectivity index (χ1) is 57.3. The molecule has 4 rings (SSSR count). The number of esters is 2. The molecule has 4 aromatic rings. The number of rotatable bonds is 65. The van der Waals surface area contributed by atoms with Crippen LogP contribution in [0.3, 0.4) is 0 Å². The van der Waals surface area contributed by atoms with Crippen LogP contribution in [0, 0.1) is 0 Å². The molecular weight excluding hydrogens is 1700 g/mol. The fourth-order valence-corrected chi connectivity index (χ4v) is 15.9. The smallest absolute Gasteiger partial charge is 0.306 e. The molecule has 35 nitrogen and oxygen atoms in total. The standard InChI is InChI=1S/C23H36N2O6.2C20H36N2O9S3.C17H30N2O3/c1-4-12-24(14-10-22(27)29-2)17-20-6-8-21(9-7-20)18-25(13-5-16-31-19-26)15-11-23(28)30-3;1-4-10-21(12-15-33(26,27)30-2)17-19-6-8-20(9-7-19)18-22(11-5-14-32(23,24)25)13-16-34(28,29)31-3;1-4-10-21(12-15-33(26,27)30-2)17-19-8-5-6-9-20(19)18-22(11-7-14-32(23,24)25)13-16-34(28,29)31-3;1-2-7-18(8-11-20)14-16-3-5-17(6-4-16)15-19(9-12-21)10-13-22/h6-9,19H,4-5,10-18H2,1-3H3;6-9H,4-5,10-18H2,1-3H3,(H,23,24,25);5-6,8-9H,4,7,10-18H2,1-3H3,(H,23,24,25);3-6,20-22H,2,7-15H2,1H3. The number of nitrogens with zero attached hydrogens (tertiary/aromatic N) is 8. The highest BCUT2D eigenvalue weighted by Crippen LogP contribution is 2.19. The summed E-state index contributed by atoms with van der Waals surface area (Å²) in [5, 5.41) is 27.2. The topological polar surface area (TPSA) is 448 Å². The zero-order chi connectivity index (χ0) is 90.8. The number of aliphatic hydroxyl groups excluding tert-OH is 3. The van der Waals surface area contributed by atoms with E-state index in [0.717, 1.165) is 121 Å². The Bertz CT molecular complexity index is 4120. The van der Waals surface area contributed by atoms with Gasteiger partial charge in [-0.25, -0.2) is 0 Å². The molecule has 0 aliphatic heterocycles. The van der Waals surface area contributed by atoms with Crippen LogP contribution in [-0.4, -0.2) is 341 Å². The SMILES string of the molecule is CCCN(CCC(=O)OC)Cc1ccc(CN(CCCOC=O)CCC(=O)OC)cc1.CCCN(CCO)Cc1ccc(CN(CCO)CCO)cc1.CCCN(CCS(=O)(=O)OC)Cc1ccc(CN(CCCS(=O)(=O)O)CCS(=O)(=O)OC)cc1.CCCN(CCS(=O)(=O)OC)Cc1ccccc1CN(CCCS(=O)(=O)O)CCS(=O)(=O)OC. The fraction of sp³-hybridized carbons (Fsp3) is 0.662. The average Bonchev–Trinajstić information content (AvgIpc) is 0.865. The van der Waals surface area contributed by atoms with E-state index in [1.807, 2.05) is 77.1 Å². The number of aliphatic hydroxyl groups is 3. The normalized spacial score (nSPS) is 12.3. The van der Waals surface area contributed by atoms with Crippen LogP contribution in [-0.2, 0) is 158 Å². The molecule has 0 heterocycles. The predicted molar refractivity (Wildman–Crippen MR) is 466 cm³/mol. The lowest BCUT2D eigenvalue weighted by atomic mass is 10.1. The molecule has 0 saturated carbocycles. The van der Waals surface area contributed by atoms with Crippen LogP contribution in [0.15, 0.2) is 97.1 Å². The third-order valence-electron chi connectivity index (χ3n) is 18.7. The average molecular weight is 1840 g/mol. The summed E-state index contributed by atoms with van der Waals surface area (Å²) in [7, 11) is -15.5. The highest BCUT2D eigenvalue weighted by Gasteiger charge is 2.22. The van der Waals surface area contributed by atoms with E-state index in [9.17, 15) is 64.9 Å². The van der Waals surface area contributed by atoms with E-state index in [2.05, 4.69) is 93.8 Å². The lowest BCUT2D eigenvalue weighted by Crippen LogP contribution is -2.33. The van der Waals surface area contributed by atoms with Crippen LogP contribution < -0.4 is 0 Å². The molecular formula is C80H138N8O27S6. The molecule has 0 unspecified atom stereocenters. The monoisotopic (exact) mass is 1830 g/mol. The Morgan fingerprint density at radius 3 is 0.793 bits per heavy atom. The van der Waals surface area contributed by atoms with Gasteiger partial charge < -0.3 is 29.5 Å². The molecule has 0 bridgehead atoms. The molecule has 121 heavy (non-hydrogen) atoms. The molecule has 0 radical (unpaired) electrons. The molecule has 0 fully saturated rings. The third kappa shape index (κ3) is 57.5. The predicted octanol–water partition coefficient (Wildman–Crippen LogP) is 4.93. The van der Waals surface area contributed by atoms with Crippen molar-refractivity contribution < 1.29 is 120 Å². The van der Waals surface area contributed by atoms with Gasteiger partial charge in [0.15, 0.2) is 0 Å². The van der Waals surface area contributed by atoms with Gasteiger partial charge in [0.25, 0.3) is 67.2 Å². The first kappa shape index (κ1) is 113. The molecule has 5 N–H and O–H groups in total. The number of benzene rings is 4. The van der Waals surface area contributed by atoms with Crippen LogP contribution >= 0.6 is 0 Å². The van der Waals surface area contributed by atoms with Gasteiger partial charge in [0.05, 0.1) is 116 Å². The Balaban J connectivity index is 0.000000816. The number of hydrogen-bond donors (Lipinski definition) is 5. The Kier molecular flexibility index (Phi) is 60.0. The number of ether oxygens (including phenoxy) is 3. The summed E-state index contributed by atoms with van der Waals surface area (Å²) in [5.74, 6) is -2.02. The van der Waals surface area contributed by atoms with E-state index in [-0.39, 0.29) is 93.8 Å². The third-order valence-corrected chi connectivity index (χ3v) is 25.1. The summed E-state index contributed by atoms with van der Waals surface area (Å²) < 4.78 is 188. The number of carbonyl (C=O) groups is 3. The quantitative estimate of drug-likeness (QED) is 0.00976. The van der Waals surface area contributed by atoms with Crippen LogP contribution in [0.1, 0.15) is 130 Å². The van der Waals surface area contributed by atoms with Crippen molar-refractivity contribution in [3.63, 3.8) is 0 Å². The first-order valence-electron chi connectivity index (χ1n) is 40.5. The summed E-state index contributed by atoms with van der Waals surface area (Å²) in [4.78, 5) is 49.6. The maximum absolute atomic E-state index is 11.8. The summed E-state index contributed by atoms with van der Waals surface area (Å²) in [6, 6.07) is 32.0. The molecule has 41 heteroatoms. The van der Waals surface area contributed by atoms with Crippen molar-refractivity contribution in [3.05, 3.63) is 142 Å². The van der Waals surface area contributed by atoms with Gasteiger partial charge in [-0.2, -0.15) is 50.5 Å². The molecule has 4 aromatic carbocycles. The minimum Gasteiger partial charge on any atom is -0.469 e. The maximum Gasteiger partial charge on any atom is 0.306 e. The van der Waals surface area contributed by atoms with E-state index in [1.165, 1.54) is 30.9 Å². The summed E-state index contributed by atoms with van der Waals surface area (Å²) >= 11 is 0. The van der Waals surface area contributed by atoms with Crippen molar-refractivity contribution in [2.75, 3.05) is 208 Å². The second-order valence-corrected chi connectivity index (χ2v) is 39.1. The van der Waals surface area contributed by atoms with Crippen molar-refractivity contribution in [2.24, 2.45) is 0 Å². The lowest BCUT2D eigenvalue weighted by molar-refractivity contribution is -0.141. The Morgan fingerprint density at radius 1 is 0.314 bits per heavy atom. The maximum atomic E-state index is 11.8. The second kappa shape index (κ2) is 64.1. The molecule has 696 valence electrons. The number of methoxy groups -OCH3 is 2. The lowest BCUT2D eigenvalue weighted by Gasteiger charge is -2.26. The molecule has 0 spiro atoms. The van der Waals surface area contributed by atoms with Gasteiger partial charge in [0, 0.05) is 118 Å². The molecule has 0 aliphatic rings. The zero-order valence-electron chi connectivity index (χ0n) is 72.5. The van der Waals surface area contributed by atoms with Crippen molar-refractivity contribution >= 4 is 79.1 Å². The van der Waals surface area contributed by atoms with Crippen LogP contribution in [0.25, 0.3) is 0 Å². The highest BCUT2D eigenvalue weighted by atomic mass is 32.2. The van der Waals surface area contributed by atoms with Crippen LogP contribution in [0.2, 0.25) is 0 Å². The Labute approximate surface area is 721 Å². The van der Waals surface area contributed by atoms with E-state index in [1.54, 1.807) is 9.80 Å². The number of hydrogen-bond acceptors (Lipinski definition) is 33. The molecule has 0 saturated heterocycles. The van der Waals surface area contributed by atoms with Gasteiger partial charge in [0.2, 0.25) is 0 Å². The molecule has 0 aromatic heterocycles. The fourth-order valence-electron chi connectivity index (χ4n) is 12.4. The summed E-state index contributed by atoms with van der Waals surface area (Å²) in [6.07, 6.45) is 5.47. The van der Waals surface area contributed by atoms with Crippen molar-refractivity contribution in [1.82, 2.24) is 39.2 Å². The summed E-state index contributed by atoms with van der Waals surface area (Å²) in [6.45, 7) is 22.9. The zero-order valence-corrected chi connectivity index (χ0v) is 77.4. The van der Waals surface area contributed by atoms with Gasteiger partial charge in [-0.15, -0.1) is 0 Å². The highest BCUT2D eigenvalue weighted by molar-refractivity contribution is 7.87. The minimum absolute atomic E-state index is 0.0928. The first-order valence-corrected chi connectivity index (χ1v) is 50.0. The molecule has 0 aliphatic carbocycles. The number of carbonyl (C=O) groups excluding carboxylic acids is 3. The van der Waals surface area contributed by atoms with Gasteiger partial charge in [-0.3, -0.25) is 79.4 Å². The van der Waals surface area contributed by atoms with Gasteiger partial charge in [-0.05, 0) is 129 Å². The van der Waals surface area contributed by atoms with E-state index in [4.69, 9.17) is 38.6 Å². The minimum atomic E-state index is -4.13. The van der Waals surface area contributed by atoms with Gasteiger partial charge in [-0.1, -0.05) is 125 Å². The van der Waals surface area contributed by atoms with Crippen LogP contribution in [0.5, 0.6) is 0 Å². The molecule has 0 atom stereocenters. The molecule has 0 amide bonds. The van der Waals surface area contributed by atoms with E-state index < -0.39 is 72.2 Å². The summed E-state index contributed by atoms with van der Waals surface area (Å²) in [5.41, 5.74) is 8.47.